The summed E-state index contributed by atoms with van der Waals surface area (Å²) in [5.41, 5.74) is 3.16. The lowest BCUT2D eigenvalue weighted by atomic mass is 9.98. The van der Waals surface area contributed by atoms with Crippen molar-refractivity contribution in [1.82, 2.24) is 0 Å². The fraction of sp³-hybridized carbons (Fsp3) is 0.0952. The molecule has 0 aliphatic carbocycles. The van der Waals surface area contributed by atoms with E-state index in [0.29, 0.717) is 22.2 Å². The molecule has 0 saturated heterocycles. The molecule has 1 heterocycles. The highest BCUT2D eigenvalue weighted by Gasteiger charge is 2.31. The van der Waals surface area contributed by atoms with Gasteiger partial charge in [-0.1, -0.05) is 65.7 Å². The van der Waals surface area contributed by atoms with Gasteiger partial charge in [0, 0.05) is 22.0 Å². The molecule has 4 rings (SSSR count). The molecule has 0 saturated carbocycles. The van der Waals surface area contributed by atoms with E-state index in [1.54, 1.807) is 23.2 Å². The zero-order chi connectivity index (χ0) is 18.1. The van der Waals surface area contributed by atoms with Gasteiger partial charge >= 0.3 is 0 Å². The molecule has 1 aliphatic heterocycles. The second kappa shape index (κ2) is 7.10. The summed E-state index contributed by atoms with van der Waals surface area (Å²) in [7, 11) is 0. The predicted octanol–water partition coefficient (Wildman–Crippen LogP) is 6.49. The average Bonchev–Trinajstić information content (AvgIpc) is 3.08. The molecule has 0 amide bonds. The second-order valence-corrected chi connectivity index (χ2v) is 6.94. The molecule has 3 aromatic rings. The number of hydrazone groups is 1. The Morgan fingerprint density at radius 3 is 2.31 bits per heavy atom. The lowest BCUT2D eigenvalue weighted by Crippen LogP contribution is -2.19. The quantitative estimate of drug-likeness (QED) is 0.503. The maximum absolute atomic E-state index is 14.4. The Kier molecular flexibility index (Phi) is 4.66. The van der Waals surface area contributed by atoms with Crippen molar-refractivity contribution in [2.75, 3.05) is 5.01 Å². The van der Waals surface area contributed by atoms with E-state index < -0.39 is 0 Å². The maximum Gasteiger partial charge on any atom is 0.148 e. The van der Waals surface area contributed by atoms with Crippen LogP contribution in [0.25, 0.3) is 0 Å². The summed E-state index contributed by atoms with van der Waals surface area (Å²) < 4.78 is 14.4. The van der Waals surface area contributed by atoms with E-state index >= 15 is 0 Å². The number of nitrogens with zero attached hydrogens (tertiary/aromatic N) is 2. The number of rotatable bonds is 3. The van der Waals surface area contributed by atoms with Gasteiger partial charge in [0.15, 0.2) is 0 Å². The summed E-state index contributed by atoms with van der Waals surface area (Å²) in [6.45, 7) is 0. The van der Waals surface area contributed by atoms with Crippen molar-refractivity contribution in [3.8, 4) is 0 Å². The summed E-state index contributed by atoms with van der Waals surface area (Å²) in [4.78, 5) is 0. The second-order valence-electron chi connectivity index (χ2n) is 6.09. The highest BCUT2D eigenvalue weighted by Crippen LogP contribution is 2.38. The number of para-hydroxylation sites is 1. The minimum atomic E-state index is -0.310. The highest BCUT2D eigenvalue weighted by atomic mass is 35.5. The zero-order valence-electron chi connectivity index (χ0n) is 13.7. The van der Waals surface area contributed by atoms with E-state index in [4.69, 9.17) is 28.3 Å². The SMILES string of the molecule is Fc1ccccc1N1N=C(c2ccccc2Cl)CC1c1ccc(Cl)cc1. The van der Waals surface area contributed by atoms with Gasteiger partial charge in [0.2, 0.25) is 0 Å². The van der Waals surface area contributed by atoms with Crippen molar-refractivity contribution < 1.29 is 4.39 Å². The fourth-order valence-corrected chi connectivity index (χ4v) is 3.54. The van der Waals surface area contributed by atoms with E-state index in [1.807, 2.05) is 48.5 Å². The summed E-state index contributed by atoms with van der Waals surface area (Å²) in [6.07, 6.45) is 0.625. The molecule has 0 fully saturated rings. The summed E-state index contributed by atoms with van der Waals surface area (Å²) in [5, 5.41) is 7.76. The first-order chi connectivity index (χ1) is 12.6. The van der Waals surface area contributed by atoms with Crippen LogP contribution < -0.4 is 5.01 Å². The third-order valence-corrected chi connectivity index (χ3v) is 5.03. The lowest BCUT2D eigenvalue weighted by Gasteiger charge is -2.24. The first-order valence-electron chi connectivity index (χ1n) is 8.25. The molecule has 130 valence electrons. The van der Waals surface area contributed by atoms with Crippen molar-refractivity contribution in [2.24, 2.45) is 5.10 Å². The minimum Gasteiger partial charge on any atom is -0.254 e. The highest BCUT2D eigenvalue weighted by molar-refractivity contribution is 6.34. The summed E-state index contributed by atoms with van der Waals surface area (Å²) in [6, 6.07) is 21.7. The maximum atomic E-state index is 14.4. The first kappa shape index (κ1) is 17.1. The fourth-order valence-electron chi connectivity index (χ4n) is 3.17. The van der Waals surface area contributed by atoms with Crippen molar-refractivity contribution in [3.63, 3.8) is 0 Å². The Balaban J connectivity index is 1.80. The van der Waals surface area contributed by atoms with Crippen LogP contribution in [0, 0.1) is 5.82 Å². The van der Waals surface area contributed by atoms with Gasteiger partial charge in [-0.05, 0) is 35.9 Å². The van der Waals surface area contributed by atoms with Crippen LogP contribution in [0.1, 0.15) is 23.6 Å². The van der Waals surface area contributed by atoms with Crippen LogP contribution >= 0.6 is 23.2 Å². The molecule has 1 atom stereocenters. The largest absolute Gasteiger partial charge is 0.254 e. The Labute approximate surface area is 161 Å². The van der Waals surface area contributed by atoms with Crippen LogP contribution in [-0.2, 0) is 0 Å². The van der Waals surface area contributed by atoms with Gasteiger partial charge in [-0.2, -0.15) is 5.10 Å². The van der Waals surface area contributed by atoms with Crippen LogP contribution in [0.3, 0.4) is 0 Å². The van der Waals surface area contributed by atoms with Gasteiger partial charge < -0.3 is 0 Å². The Morgan fingerprint density at radius 2 is 1.58 bits per heavy atom. The van der Waals surface area contributed by atoms with E-state index in [2.05, 4.69) is 0 Å². The number of benzene rings is 3. The molecule has 26 heavy (non-hydrogen) atoms. The molecule has 0 N–H and O–H groups in total. The standard InChI is InChI=1S/C21H15Cl2FN2/c22-15-11-9-14(10-12-15)21-13-19(16-5-1-2-6-17(16)23)25-26(21)20-8-4-3-7-18(20)24/h1-12,21H,13H2. The van der Waals surface area contributed by atoms with Crippen LogP contribution in [0.15, 0.2) is 77.9 Å². The van der Waals surface area contributed by atoms with Crippen LogP contribution in [0.4, 0.5) is 10.1 Å². The minimum absolute atomic E-state index is 0.129. The molecule has 0 radical (unpaired) electrons. The summed E-state index contributed by atoms with van der Waals surface area (Å²) in [5.74, 6) is -0.310. The molecule has 1 unspecified atom stereocenters. The Bertz CT molecular complexity index is 970. The molecular formula is C21H15Cl2FN2. The molecule has 0 spiro atoms. The average molecular weight is 385 g/mol. The molecule has 1 aliphatic rings. The zero-order valence-corrected chi connectivity index (χ0v) is 15.3. The van der Waals surface area contributed by atoms with Crippen LogP contribution in [-0.4, -0.2) is 5.71 Å². The molecule has 5 heteroatoms. The number of hydrogen-bond donors (Lipinski definition) is 0. The van der Waals surface area contributed by atoms with Gasteiger partial charge in [0.25, 0.3) is 0 Å². The predicted molar refractivity (Wildman–Crippen MR) is 106 cm³/mol. The van der Waals surface area contributed by atoms with Gasteiger partial charge in [-0.25, -0.2) is 4.39 Å². The van der Waals surface area contributed by atoms with E-state index in [0.717, 1.165) is 16.8 Å². The monoisotopic (exact) mass is 384 g/mol. The third kappa shape index (κ3) is 3.20. The Morgan fingerprint density at radius 1 is 0.885 bits per heavy atom. The van der Waals surface area contributed by atoms with E-state index in [1.165, 1.54) is 6.07 Å². The van der Waals surface area contributed by atoms with E-state index in [9.17, 15) is 4.39 Å². The van der Waals surface area contributed by atoms with Crippen molar-refractivity contribution in [1.29, 1.82) is 0 Å². The number of anilines is 1. The van der Waals surface area contributed by atoms with Gasteiger partial charge in [0.1, 0.15) is 5.82 Å². The van der Waals surface area contributed by atoms with Crippen molar-refractivity contribution >= 4 is 34.6 Å². The molecular weight excluding hydrogens is 370 g/mol. The smallest absolute Gasteiger partial charge is 0.148 e. The van der Waals surface area contributed by atoms with E-state index in [-0.39, 0.29) is 11.9 Å². The first-order valence-corrected chi connectivity index (χ1v) is 9.00. The molecule has 0 aromatic heterocycles. The number of hydrogen-bond acceptors (Lipinski definition) is 2. The van der Waals surface area contributed by atoms with Crippen LogP contribution in [0.2, 0.25) is 10.0 Å². The van der Waals surface area contributed by atoms with Gasteiger partial charge in [-0.3, -0.25) is 5.01 Å². The summed E-state index contributed by atoms with van der Waals surface area (Å²) >= 11 is 12.4. The molecule has 3 aromatic carbocycles. The van der Waals surface area contributed by atoms with Crippen molar-refractivity contribution in [3.05, 3.63) is 99.8 Å². The van der Waals surface area contributed by atoms with Crippen molar-refractivity contribution in [2.45, 2.75) is 12.5 Å². The Hall–Kier alpha value is -2.36. The lowest BCUT2D eigenvalue weighted by molar-refractivity contribution is 0.606. The van der Waals surface area contributed by atoms with Crippen LogP contribution in [0.5, 0.6) is 0 Å². The van der Waals surface area contributed by atoms with Gasteiger partial charge in [0.05, 0.1) is 17.4 Å². The molecule has 0 bridgehead atoms. The van der Waals surface area contributed by atoms with Gasteiger partial charge in [-0.15, -0.1) is 0 Å². The number of halogens is 3. The third-order valence-electron chi connectivity index (χ3n) is 4.45. The normalized spacial score (nSPS) is 16.7. The topological polar surface area (TPSA) is 15.6 Å². The molecule has 2 nitrogen and oxygen atoms in total.